The van der Waals surface area contributed by atoms with E-state index in [1.165, 1.54) is 16.8 Å². The largest absolute Gasteiger partial charge is 0.493 e. The molecule has 146 valence electrons. The number of aliphatic imine (C=N–C) groups is 1. The Kier molecular flexibility index (Phi) is 7.34. The van der Waals surface area contributed by atoms with Gasteiger partial charge in [0.1, 0.15) is 0 Å². The smallest absolute Gasteiger partial charge is 0.196 e. The molecule has 0 aliphatic heterocycles. The lowest BCUT2D eigenvalue weighted by Gasteiger charge is -2.16. The predicted octanol–water partition coefficient (Wildman–Crippen LogP) is 3.66. The molecule has 6 nitrogen and oxygen atoms in total. The highest BCUT2D eigenvalue weighted by atomic mass is 16.5. The second kappa shape index (κ2) is 9.71. The Hall–Kier alpha value is -2.89. The van der Waals surface area contributed by atoms with Crippen molar-refractivity contribution in [1.29, 1.82) is 0 Å². The lowest BCUT2D eigenvalue weighted by molar-refractivity contribution is 0.355. The molecule has 0 saturated carbocycles. The number of hydrogen-bond donors (Lipinski definition) is 2. The van der Waals surface area contributed by atoms with E-state index in [-0.39, 0.29) is 0 Å². The number of hydrogen-bond acceptors (Lipinski definition) is 4. The second-order valence-corrected chi connectivity index (χ2v) is 6.40. The second-order valence-electron chi connectivity index (χ2n) is 6.40. The highest BCUT2D eigenvalue weighted by Gasteiger charge is 2.07. The maximum absolute atomic E-state index is 5.36. The molecule has 0 heterocycles. The summed E-state index contributed by atoms with van der Waals surface area (Å²) in [6.07, 6.45) is 0. The van der Waals surface area contributed by atoms with Crippen LogP contribution in [0.3, 0.4) is 0 Å². The van der Waals surface area contributed by atoms with Crippen molar-refractivity contribution in [2.45, 2.75) is 20.4 Å². The summed E-state index contributed by atoms with van der Waals surface area (Å²) in [4.78, 5) is 6.82. The third kappa shape index (κ3) is 5.54. The molecule has 6 heteroatoms. The average molecular weight is 370 g/mol. The Morgan fingerprint density at radius 2 is 1.78 bits per heavy atom. The maximum Gasteiger partial charge on any atom is 0.196 e. The zero-order chi connectivity index (χ0) is 19.8. The van der Waals surface area contributed by atoms with E-state index in [4.69, 9.17) is 14.5 Å². The highest BCUT2D eigenvalue weighted by Crippen LogP contribution is 2.29. The number of rotatable bonds is 7. The Balaban J connectivity index is 2.17. The quantitative estimate of drug-likeness (QED) is 0.575. The van der Waals surface area contributed by atoms with Gasteiger partial charge >= 0.3 is 0 Å². The van der Waals surface area contributed by atoms with Crippen molar-refractivity contribution in [3.8, 4) is 11.5 Å². The summed E-state index contributed by atoms with van der Waals surface area (Å²) in [5.74, 6) is 2.09. The van der Waals surface area contributed by atoms with Crippen LogP contribution < -0.4 is 25.0 Å². The van der Waals surface area contributed by atoms with Gasteiger partial charge in [0.2, 0.25) is 0 Å². The van der Waals surface area contributed by atoms with Gasteiger partial charge in [0.25, 0.3) is 0 Å². The third-order valence-corrected chi connectivity index (χ3v) is 4.24. The van der Waals surface area contributed by atoms with Crippen molar-refractivity contribution in [2.24, 2.45) is 4.99 Å². The van der Waals surface area contributed by atoms with E-state index in [9.17, 15) is 0 Å². The Labute approximate surface area is 162 Å². The first-order valence-corrected chi connectivity index (χ1v) is 9.02. The monoisotopic (exact) mass is 370 g/mol. The van der Waals surface area contributed by atoms with Crippen LogP contribution in [0.5, 0.6) is 11.5 Å². The van der Waals surface area contributed by atoms with Gasteiger partial charge in [-0.15, -0.1) is 0 Å². The third-order valence-electron chi connectivity index (χ3n) is 4.24. The SMILES string of the molecule is CCNC(=NCc1ccc(N(C)C)cc1C)Nc1ccc(OC)c(OC)c1. The summed E-state index contributed by atoms with van der Waals surface area (Å²) in [5, 5.41) is 6.60. The molecule has 2 aromatic carbocycles. The van der Waals surface area contributed by atoms with E-state index in [1.807, 2.05) is 39.2 Å². The molecule has 0 aromatic heterocycles. The lowest BCUT2D eigenvalue weighted by atomic mass is 10.1. The van der Waals surface area contributed by atoms with Gasteiger partial charge in [-0.1, -0.05) is 6.07 Å². The van der Waals surface area contributed by atoms with Crippen molar-refractivity contribution < 1.29 is 9.47 Å². The number of guanidine groups is 1. The van der Waals surface area contributed by atoms with Crippen LogP contribution in [0, 0.1) is 6.92 Å². The molecule has 0 atom stereocenters. The van der Waals surface area contributed by atoms with Crippen LogP contribution >= 0.6 is 0 Å². The van der Waals surface area contributed by atoms with E-state index in [0.29, 0.717) is 18.0 Å². The van der Waals surface area contributed by atoms with Crippen molar-refractivity contribution in [3.05, 3.63) is 47.5 Å². The number of methoxy groups -OCH3 is 2. The summed E-state index contributed by atoms with van der Waals surface area (Å²) in [7, 11) is 7.34. The van der Waals surface area contributed by atoms with Gasteiger partial charge in [0, 0.05) is 38.1 Å². The van der Waals surface area contributed by atoms with Gasteiger partial charge in [-0.05, 0) is 49.2 Å². The highest BCUT2D eigenvalue weighted by molar-refractivity contribution is 5.93. The van der Waals surface area contributed by atoms with Gasteiger partial charge in [0.05, 0.1) is 20.8 Å². The van der Waals surface area contributed by atoms with Crippen LogP contribution in [0.25, 0.3) is 0 Å². The molecular weight excluding hydrogens is 340 g/mol. The molecule has 0 saturated heterocycles. The molecule has 0 aliphatic carbocycles. The summed E-state index contributed by atoms with van der Waals surface area (Å²) in [6, 6.07) is 12.1. The first-order chi connectivity index (χ1) is 13.0. The topological polar surface area (TPSA) is 58.1 Å². The van der Waals surface area contributed by atoms with Gasteiger partial charge in [-0.25, -0.2) is 4.99 Å². The first-order valence-electron chi connectivity index (χ1n) is 9.02. The molecule has 0 radical (unpaired) electrons. The van der Waals surface area contributed by atoms with Crippen LogP contribution in [-0.4, -0.2) is 40.8 Å². The normalized spacial score (nSPS) is 11.1. The van der Waals surface area contributed by atoms with Gasteiger partial charge in [-0.3, -0.25) is 0 Å². The molecule has 0 fully saturated rings. The lowest BCUT2D eigenvalue weighted by Crippen LogP contribution is -2.30. The molecule has 0 aliphatic rings. The summed E-state index contributed by atoms with van der Waals surface area (Å²) in [5.41, 5.74) is 4.50. The van der Waals surface area contributed by atoms with E-state index >= 15 is 0 Å². The molecular formula is C21H30N4O2. The molecule has 0 spiro atoms. The van der Waals surface area contributed by atoms with E-state index in [0.717, 1.165) is 18.2 Å². The molecule has 27 heavy (non-hydrogen) atoms. The fourth-order valence-corrected chi connectivity index (χ4v) is 2.66. The van der Waals surface area contributed by atoms with Crippen molar-refractivity contribution >= 4 is 17.3 Å². The standard InChI is InChI=1S/C21H30N4O2/c1-7-22-21(24-17-9-11-19(26-5)20(13-17)27-6)23-14-16-8-10-18(25(3)4)12-15(16)2/h8-13H,7,14H2,1-6H3,(H2,22,23,24). The minimum atomic E-state index is 0.599. The van der Waals surface area contributed by atoms with Crippen LogP contribution in [-0.2, 0) is 6.54 Å². The summed E-state index contributed by atoms with van der Waals surface area (Å²) < 4.78 is 10.7. The Morgan fingerprint density at radius 1 is 1.04 bits per heavy atom. The predicted molar refractivity (Wildman–Crippen MR) is 113 cm³/mol. The van der Waals surface area contributed by atoms with Crippen molar-refractivity contribution in [3.63, 3.8) is 0 Å². The number of anilines is 2. The van der Waals surface area contributed by atoms with E-state index in [2.05, 4.69) is 40.7 Å². The first kappa shape index (κ1) is 20.4. The van der Waals surface area contributed by atoms with Crippen molar-refractivity contribution in [1.82, 2.24) is 5.32 Å². The Morgan fingerprint density at radius 3 is 2.37 bits per heavy atom. The van der Waals surface area contributed by atoms with E-state index in [1.54, 1.807) is 14.2 Å². The van der Waals surface area contributed by atoms with Crippen LogP contribution in [0.15, 0.2) is 41.4 Å². The fraction of sp³-hybridized carbons (Fsp3) is 0.381. The molecule has 2 rings (SSSR count). The zero-order valence-electron chi connectivity index (χ0n) is 17.1. The minimum Gasteiger partial charge on any atom is -0.493 e. The van der Waals surface area contributed by atoms with Crippen LogP contribution in [0.1, 0.15) is 18.1 Å². The van der Waals surface area contributed by atoms with Gasteiger partial charge < -0.3 is 25.0 Å². The van der Waals surface area contributed by atoms with Crippen LogP contribution in [0.2, 0.25) is 0 Å². The molecule has 2 N–H and O–H groups in total. The number of nitrogens with one attached hydrogen (secondary N) is 2. The Bertz CT molecular complexity index is 788. The minimum absolute atomic E-state index is 0.599. The summed E-state index contributed by atoms with van der Waals surface area (Å²) in [6.45, 7) is 5.54. The van der Waals surface area contributed by atoms with Gasteiger partial charge in [-0.2, -0.15) is 0 Å². The molecule has 0 amide bonds. The van der Waals surface area contributed by atoms with Crippen molar-refractivity contribution in [2.75, 3.05) is 45.1 Å². The number of ether oxygens (including phenoxy) is 2. The van der Waals surface area contributed by atoms with Gasteiger partial charge in [0.15, 0.2) is 17.5 Å². The number of aryl methyl sites for hydroxylation is 1. The van der Waals surface area contributed by atoms with E-state index < -0.39 is 0 Å². The number of benzene rings is 2. The molecule has 2 aromatic rings. The fourth-order valence-electron chi connectivity index (χ4n) is 2.66. The molecule has 0 bridgehead atoms. The maximum atomic E-state index is 5.36. The van der Waals surface area contributed by atoms with Crippen LogP contribution in [0.4, 0.5) is 11.4 Å². The average Bonchev–Trinajstić information content (AvgIpc) is 2.66. The zero-order valence-corrected chi connectivity index (χ0v) is 17.1. The summed E-state index contributed by atoms with van der Waals surface area (Å²) >= 11 is 0. The number of nitrogens with zero attached hydrogens (tertiary/aromatic N) is 2. The molecule has 0 unspecified atom stereocenters.